The van der Waals surface area contributed by atoms with Crippen molar-refractivity contribution in [3.8, 4) is 0 Å². The summed E-state index contributed by atoms with van der Waals surface area (Å²) in [7, 11) is 0. The zero-order chi connectivity index (χ0) is 15.4. The number of fused-ring (bicyclic) bond motifs is 1. The topological polar surface area (TPSA) is 38.8 Å². The number of hydrogen-bond acceptors (Lipinski definition) is 4. The number of hydroxylamine groups is 2. The summed E-state index contributed by atoms with van der Waals surface area (Å²) in [6.45, 7) is 3.04. The third-order valence-electron chi connectivity index (χ3n) is 3.67. The van der Waals surface area contributed by atoms with Crippen molar-refractivity contribution in [2.45, 2.75) is 19.6 Å². The summed E-state index contributed by atoms with van der Waals surface area (Å²) < 4.78 is 6.07. The Morgan fingerprint density at radius 2 is 1.86 bits per heavy atom. The first-order valence-electron chi connectivity index (χ1n) is 7.42. The number of rotatable bonds is 2. The van der Waals surface area contributed by atoms with Crippen LogP contribution in [0.15, 0.2) is 54.6 Å². The van der Waals surface area contributed by atoms with Gasteiger partial charge in [-0.2, -0.15) is 0 Å². The molecule has 2 aromatic carbocycles. The van der Waals surface area contributed by atoms with E-state index in [-0.39, 0.29) is 12.1 Å². The molecule has 0 radical (unpaired) electrons. The zero-order valence-electron chi connectivity index (χ0n) is 12.6. The van der Waals surface area contributed by atoms with Crippen molar-refractivity contribution in [3.63, 3.8) is 0 Å². The molecule has 114 valence electrons. The van der Waals surface area contributed by atoms with Crippen molar-refractivity contribution in [1.29, 1.82) is 0 Å². The van der Waals surface area contributed by atoms with E-state index in [9.17, 15) is 4.79 Å². The molecule has 0 saturated heterocycles. The molecule has 1 heterocycles. The molecule has 2 aromatic rings. The highest BCUT2D eigenvalue weighted by Gasteiger charge is 2.23. The van der Waals surface area contributed by atoms with Gasteiger partial charge in [0.15, 0.2) is 0 Å². The van der Waals surface area contributed by atoms with Crippen molar-refractivity contribution >= 4 is 5.97 Å². The van der Waals surface area contributed by atoms with E-state index in [1.165, 1.54) is 6.92 Å². The van der Waals surface area contributed by atoms with Gasteiger partial charge in [0.25, 0.3) is 0 Å². The molecule has 22 heavy (non-hydrogen) atoms. The first-order chi connectivity index (χ1) is 10.7. The van der Waals surface area contributed by atoms with Crippen molar-refractivity contribution in [1.82, 2.24) is 5.06 Å². The molecule has 1 atom stereocenters. The molecule has 1 aliphatic heterocycles. The molecule has 4 nitrogen and oxygen atoms in total. The second-order valence-corrected chi connectivity index (χ2v) is 5.31. The van der Waals surface area contributed by atoms with Crippen LogP contribution in [0.3, 0.4) is 0 Å². The van der Waals surface area contributed by atoms with Gasteiger partial charge in [-0.25, -0.2) is 0 Å². The van der Waals surface area contributed by atoms with E-state index >= 15 is 0 Å². The molecular formula is C18H19NO3. The molecule has 0 amide bonds. The van der Waals surface area contributed by atoms with E-state index in [0.29, 0.717) is 19.7 Å². The Balaban J connectivity index is 1.94. The van der Waals surface area contributed by atoms with Crippen LogP contribution in [0.25, 0.3) is 0 Å². The lowest BCUT2D eigenvalue weighted by molar-refractivity contribution is -0.195. The van der Waals surface area contributed by atoms with Crippen molar-refractivity contribution in [2.24, 2.45) is 0 Å². The fraction of sp³-hybridized carbons (Fsp3) is 0.278. The maximum absolute atomic E-state index is 11.2. The Labute approximate surface area is 130 Å². The number of nitrogens with zero attached hydrogens (tertiary/aromatic N) is 1. The van der Waals surface area contributed by atoms with Crippen molar-refractivity contribution in [3.05, 3.63) is 71.3 Å². The van der Waals surface area contributed by atoms with Gasteiger partial charge in [0, 0.05) is 6.92 Å². The lowest BCUT2D eigenvalue weighted by Crippen LogP contribution is -2.32. The summed E-state index contributed by atoms with van der Waals surface area (Å²) in [5, 5.41) is 1.66. The molecule has 1 aliphatic rings. The van der Waals surface area contributed by atoms with Crippen LogP contribution in [-0.4, -0.2) is 24.2 Å². The summed E-state index contributed by atoms with van der Waals surface area (Å²) in [6, 6.07) is 18.3. The van der Waals surface area contributed by atoms with Gasteiger partial charge in [-0.05, 0) is 16.7 Å². The van der Waals surface area contributed by atoms with Crippen LogP contribution in [0, 0.1) is 0 Å². The highest BCUT2D eigenvalue weighted by molar-refractivity contribution is 5.65. The SMILES string of the molecule is CC(=O)ON1CCOC(c2ccccc2)c2ccccc2C1. The minimum absolute atomic E-state index is 0.0862. The highest BCUT2D eigenvalue weighted by Crippen LogP contribution is 2.30. The van der Waals surface area contributed by atoms with Crippen LogP contribution in [0.5, 0.6) is 0 Å². The number of benzene rings is 2. The molecule has 3 rings (SSSR count). The molecule has 0 N–H and O–H groups in total. The molecular weight excluding hydrogens is 278 g/mol. The molecule has 0 fully saturated rings. The fourth-order valence-corrected chi connectivity index (χ4v) is 2.73. The summed E-state index contributed by atoms with van der Waals surface area (Å²) in [5.74, 6) is -0.308. The van der Waals surface area contributed by atoms with Crippen molar-refractivity contribution < 1.29 is 14.4 Å². The van der Waals surface area contributed by atoms with E-state index in [0.717, 1.165) is 16.7 Å². The lowest BCUT2D eigenvalue weighted by atomic mass is 9.96. The lowest BCUT2D eigenvalue weighted by Gasteiger charge is -2.29. The molecule has 0 saturated carbocycles. The zero-order valence-corrected chi connectivity index (χ0v) is 12.6. The normalized spacial score (nSPS) is 18.9. The van der Waals surface area contributed by atoms with Crippen LogP contribution in [0.4, 0.5) is 0 Å². The average Bonchev–Trinajstić information content (AvgIpc) is 2.50. The van der Waals surface area contributed by atoms with E-state index in [2.05, 4.69) is 24.3 Å². The molecule has 0 spiro atoms. The predicted octanol–water partition coefficient (Wildman–Crippen LogP) is 3.09. The number of hydrogen-bond donors (Lipinski definition) is 0. The fourth-order valence-electron chi connectivity index (χ4n) is 2.73. The highest BCUT2D eigenvalue weighted by atomic mass is 16.7. The molecule has 0 bridgehead atoms. The van der Waals surface area contributed by atoms with E-state index < -0.39 is 0 Å². The Hall–Kier alpha value is -2.17. The van der Waals surface area contributed by atoms with Crippen LogP contribution in [0.2, 0.25) is 0 Å². The summed E-state index contributed by atoms with van der Waals surface area (Å²) >= 11 is 0. The summed E-state index contributed by atoms with van der Waals surface area (Å²) in [6.07, 6.45) is -0.0862. The number of carbonyl (C=O) groups is 1. The Morgan fingerprint density at radius 1 is 1.14 bits per heavy atom. The maximum Gasteiger partial charge on any atom is 0.322 e. The third-order valence-corrected chi connectivity index (χ3v) is 3.67. The summed E-state index contributed by atoms with van der Waals surface area (Å²) in [4.78, 5) is 16.4. The number of carbonyl (C=O) groups excluding carboxylic acids is 1. The standard InChI is InChI=1S/C18H19NO3/c1-14(20)22-19-11-12-21-18(15-7-3-2-4-8-15)17-10-6-5-9-16(17)13-19/h2-10,18H,11-13H2,1H3. The van der Waals surface area contributed by atoms with Gasteiger partial charge in [0.05, 0.1) is 19.7 Å². The predicted molar refractivity (Wildman–Crippen MR) is 82.9 cm³/mol. The first-order valence-corrected chi connectivity index (χ1v) is 7.42. The molecule has 0 aromatic heterocycles. The second kappa shape index (κ2) is 6.73. The minimum Gasteiger partial charge on any atom is -0.368 e. The van der Waals surface area contributed by atoms with Crippen molar-refractivity contribution in [2.75, 3.05) is 13.2 Å². The van der Waals surface area contributed by atoms with Gasteiger partial charge in [0.2, 0.25) is 0 Å². The molecule has 0 aliphatic carbocycles. The van der Waals surface area contributed by atoms with Crippen LogP contribution < -0.4 is 0 Å². The monoisotopic (exact) mass is 297 g/mol. The van der Waals surface area contributed by atoms with Gasteiger partial charge >= 0.3 is 5.97 Å². The van der Waals surface area contributed by atoms with Gasteiger partial charge < -0.3 is 9.57 Å². The van der Waals surface area contributed by atoms with Crippen LogP contribution in [0.1, 0.15) is 29.7 Å². The van der Waals surface area contributed by atoms with E-state index in [4.69, 9.17) is 9.57 Å². The number of ether oxygens (including phenoxy) is 1. The largest absolute Gasteiger partial charge is 0.368 e. The van der Waals surface area contributed by atoms with Gasteiger partial charge in [-0.1, -0.05) is 54.6 Å². The van der Waals surface area contributed by atoms with Gasteiger partial charge in [0.1, 0.15) is 6.10 Å². The average molecular weight is 297 g/mol. The molecule has 1 unspecified atom stereocenters. The third kappa shape index (κ3) is 3.35. The second-order valence-electron chi connectivity index (χ2n) is 5.31. The maximum atomic E-state index is 11.2. The quantitative estimate of drug-likeness (QED) is 0.854. The molecule has 4 heteroatoms. The first kappa shape index (κ1) is 14.8. The van der Waals surface area contributed by atoms with E-state index in [1.54, 1.807) is 5.06 Å². The van der Waals surface area contributed by atoms with E-state index in [1.807, 2.05) is 30.3 Å². The Bertz CT molecular complexity index is 642. The Kier molecular flexibility index (Phi) is 4.51. The van der Waals surface area contributed by atoms with Crippen LogP contribution in [-0.2, 0) is 20.9 Å². The van der Waals surface area contributed by atoms with Crippen LogP contribution >= 0.6 is 0 Å². The van der Waals surface area contributed by atoms with Gasteiger partial charge in [-0.3, -0.25) is 4.79 Å². The summed E-state index contributed by atoms with van der Waals surface area (Å²) in [5.41, 5.74) is 3.36. The Morgan fingerprint density at radius 3 is 2.64 bits per heavy atom. The smallest absolute Gasteiger partial charge is 0.322 e. The van der Waals surface area contributed by atoms with Gasteiger partial charge in [-0.15, -0.1) is 5.06 Å². The minimum atomic E-state index is -0.308.